The molecule has 0 aliphatic carbocycles. The molecule has 0 amide bonds. The summed E-state index contributed by atoms with van der Waals surface area (Å²) in [4.78, 5) is 2.43. The molecule has 0 aromatic heterocycles. The highest BCUT2D eigenvalue weighted by Crippen LogP contribution is 2.23. The van der Waals surface area contributed by atoms with E-state index in [9.17, 15) is 0 Å². The highest BCUT2D eigenvalue weighted by molar-refractivity contribution is 4.77. The molecule has 1 aliphatic heterocycles. The number of rotatable bonds is 4. The zero-order chi connectivity index (χ0) is 10.4. The number of nitrogens with zero attached hydrogens (tertiary/aromatic N) is 2. The molecule has 0 spiro atoms. The monoisotopic (exact) mass is 194 g/mol. The van der Waals surface area contributed by atoms with Gasteiger partial charge in [-0.05, 0) is 44.2 Å². The van der Waals surface area contributed by atoms with E-state index in [0.717, 1.165) is 18.4 Å². The van der Waals surface area contributed by atoms with Gasteiger partial charge in [-0.2, -0.15) is 5.26 Å². The van der Waals surface area contributed by atoms with Crippen molar-refractivity contribution in [1.29, 1.82) is 5.26 Å². The molecule has 0 N–H and O–H groups in total. The third kappa shape index (κ3) is 4.11. The second-order valence-corrected chi connectivity index (χ2v) is 4.82. The van der Waals surface area contributed by atoms with Crippen LogP contribution in [0.25, 0.3) is 0 Å². The molecule has 80 valence electrons. The molecule has 0 aromatic rings. The highest BCUT2D eigenvalue weighted by Gasteiger charge is 2.19. The minimum atomic E-state index is 0.689. The van der Waals surface area contributed by atoms with E-state index < -0.39 is 0 Å². The zero-order valence-electron chi connectivity index (χ0n) is 9.50. The lowest BCUT2D eigenvalue weighted by atomic mass is 9.88. The first-order chi connectivity index (χ1) is 6.72. The van der Waals surface area contributed by atoms with Gasteiger partial charge in [0.15, 0.2) is 0 Å². The van der Waals surface area contributed by atoms with E-state index in [1.54, 1.807) is 0 Å². The van der Waals surface area contributed by atoms with Gasteiger partial charge in [0.25, 0.3) is 0 Å². The molecule has 2 heteroatoms. The lowest BCUT2D eigenvalue weighted by Gasteiger charge is -2.32. The van der Waals surface area contributed by atoms with E-state index in [-0.39, 0.29) is 0 Å². The molecule has 1 aliphatic rings. The summed E-state index contributed by atoms with van der Waals surface area (Å²) >= 11 is 0. The van der Waals surface area contributed by atoms with Gasteiger partial charge in [-0.15, -0.1) is 0 Å². The Morgan fingerprint density at radius 2 is 2.00 bits per heavy atom. The van der Waals surface area contributed by atoms with Crippen LogP contribution in [0.4, 0.5) is 0 Å². The maximum absolute atomic E-state index is 8.49. The van der Waals surface area contributed by atoms with Gasteiger partial charge in [0.05, 0.1) is 6.07 Å². The van der Waals surface area contributed by atoms with Crippen LogP contribution in [0.3, 0.4) is 0 Å². The van der Waals surface area contributed by atoms with Gasteiger partial charge in [0.2, 0.25) is 0 Å². The van der Waals surface area contributed by atoms with Crippen LogP contribution in [0, 0.1) is 23.2 Å². The molecular weight excluding hydrogens is 172 g/mol. The van der Waals surface area contributed by atoms with Crippen LogP contribution in [0.1, 0.15) is 39.5 Å². The largest absolute Gasteiger partial charge is 0.302 e. The van der Waals surface area contributed by atoms with E-state index in [1.165, 1.54) is 32.4 Å². The van der Waals surface area contributed by atoms with Crippen molar-refractivity contribution < 1.29 is 0 Å². The van der Waals surface area contributed by atoms with E-state index in [1.807, 2.05) is 0 Å². The number of nitriles is 1. The third-order valence-corrected chi connectivity index (χ3v) is 3.05. The summed E-state index contributed by atoms with van der Waals surface area (Å²) in [7, 11) is 0. The van der Waals surface area contributed by atoms with Gasteiger partial charge in [0.1, 0.15) is 0 Å². The molecule has 0 saturated carbocycles. The Morgan fingerprint density at radius 1 is 1.36 bits per heavy atom. The fraction of sp³-hybridized carbons (Fsp3) is 0.917. The Labute approximate surface area is 87.9 Å². The predicted octanol–water partition coefficient (Wildman–Crippen LogP) is 2.66. The summed E-state index contributed by atoms with van der Waals surface area (Å²) in [5.74, 6) is 1.78. The number of hydrogen-bond acceptors (Lipinski definition) is 2. The lowest BCUT2D eigenvalue weighted by molar-refractivity contribution is 0.173. The molecule has 2 nitrogen and oxygen atoms in total. The molecule has 1 rings (SSSR count). The second kappa shape index (κ2) is 6.03. The van der Waals surface area contributed by atoms with Gasteiger partial charge in [-0.25, -0.2) is 0 Å². The lowest BCUT2D eigenvalue weighted by Crippen LogP contribution is -2.34. The minimum absolute atomic E-state index is 0.689. The van der Waals surface area contributed by atoms with Gasteiger partial charge >= 0.3 is 0 Å². The molecule has 0 atom stereocenters. The summed E-state index contributed by atoms with van der Waals surface area (Å²) in [6.45, 7) is 8.01. The van der Waals surface area contributed by atoms with Crippen LogP contribution >= 0.6 is 0 Å². The van der Waals surface area contributed by atoms with Crippen molar-refractivity contribution in [2.75, 3.05) is 19.6 Å². The normalized spacial score (nSPS) is 19.9. The molecule has 1 saturated heterocycles. The van der Waals surface area contributed by atoms with Crippen molar-refractivity contribution in [3.05, 3.63) is 0 Å². The van der Waals surface area contributed by atoms with Crippen LogP contribution in [0.15, 0.2) is 0 Å². The summed E-state index contributed by atoms with van der Waals surface area (Å²) in [6, 6.07) is 2.22. The number of likely N-dealkylation sites (tertiary alicyclic amines) is 1. The van der Waals surface area contributed by atoms with E-state index in [4.69, 9.17) is 5.26 Å². The van der Waals surface area contributed by atoms with Crippen molar-refractivity contribution in [1.82, 2.24) is 4.90 Å². The Kier molecular flexibility index (Phi) is 4.97. The van der Waals surface area contributed by atoms with E-state index in [2.05, 4.69) is 24.8 Å². The Hall–Kier alpha value is -0.550. The van der Waals surface area contributed by atoms with Gasteiger partial charge in [-0.3, -0.25) is 0 Å². The highest BCUT2D eigenvalue weighted by atomic mass is 15.1. The van der Waals surface area contributed by atoms with Crippen molar-refractivity contribution >= 4 is 0 Å². The summed E-state index contributed by atoms with van der Waals surface area (Å²) in [5.41, 5.74) is 0. The molecule has 0 radical (unpaired) electrons. The third-order valence-electron chi connectivity index (χ3n) is 3.05. The number of hydrogen-bond donors (Lipinski definition) is 0. The minimum Gasteiger partial charge on any atom is -0.302 e. The average Bonchev–Trinajstić information content (AvgIpc) is 2.16. The molecule has 0 unspecified atom stereocenters. The van der Waals surface area contributed by atoms with Gasteiger partial charge < -0.3 is 4.90 Å². The van der Waals surface area contributed by atoms with Gasteiger partial charge in [-0.1, -0.05) is 13.8 Å². The summed E-state index contributed by atoms with van der Waals surface area (Å²) in [6.07, 6.45) is 4.74. The van der Waals surface area contributed by atoms with Crippen molar-refractivity contribution in [2.45, 2.75) is 39.5 Å². The van der Waals surface area contributed by atoms with Crippen LogP contribution in [-0.2, 0) is 0 Å². The van der Waals surface area contributed by atoms with Crippen molar-refractivity contribution in [2.24, 2.45) is 11.8 Å². The topological polar surface area (TPSA) is 27.0 Å². The maximum atomic E-state index is 8.49. The average molecular weight is 194 g/mol. The molecular formula is C12H22N2. The van der Waals surface area contributed by atoms with Crippen LogP contribution in [0.5, 0.6) is 0 Å². The molecule has 14 heavy (non-hydrogen) atoms. The Balaban J connectivity index is 2.15. The Morgan fingerprint density at radius 3 is 2.50 bits per heavy atom. The molecule has 1 fully saturated rings. The first kappa shape index (κ1) is 11.5. The fourth-order valence-corrected chi connectivity index (χ4v) is 2.32. The molecule has 0 bridgehead atoms. The standard InChI is InChI=1S/C12H22N2/c1-11(2)10-12-4-8-14(9-5-12)7-3-6-13/h11-12H,3-5,7-10H2,1-2H3. The number of piperidine rings is 1. The van der Waals surface area contributed by atoms with Gasteiger partial charge in [0, 0.05) is 13.0 Å². The van der Waals surface area contributed by atoms with Crippen molar-refractivity contribution in [3.63, 3.8) is 0 Å². The van der Waals surface area contributed by atoms with E-state index >= 15 is 0 Å². The zero-order valence-corrected chi connectivity index (χ0v) is 9.50. The Bertz CT molecular complexity index is 185. The molecule has 0 aromatic carbocycles. The van der Waals surface area contributed by atoms with Crippen LogP contribution in [0.2, 0.25) is 0 Å². The van der Waals surface area contributed by atoms with E-state index in [0.29, 0.717) is 6.42 Å². The summed E-state index contributed by atoms with van der Waals surface area (Å²) in [5, 5.41) is 8.49. The predicted molar refractivity (Wildman–Crippen MR) is 58.8 cm³/mol. The summed E-state index contributed by atoms with van der Waals surface area (Å²) < 4.78 is 0. The van der Waals surface area contributed by atoms with Crippen LogP contribution in [-0.4, -0.2) is 24.5 Å². The first-order valence-corrected chi connectivity index (χ1v) is 5.81. The fourth-order valence-electron chi connectivity index (χ4n) is 2.32. The van der Waals surface area contributed by atoms with Crippen molar-refractivity contribution in [3.8, 4) is 6.07 Å². The van der Waals surface area contributed by atoms with Crippen LogP contribution < -0.4 is 0 Å². The quantitative estimate of drug-likeness (QED) is 0.688. The second-order valence-electron chi connectivity index (χ2n) is 4.82. The first-order valence-electron chi connectivity index (χ1n) is 5.81. The maximum Gasteiger partial charge on any atom is 0.0635 e. The smallest absolute Gasteiger partial charge is 0.0635 e. The molecule has 1 heterocycles. The SMILES string of the molecule is CC(C)CC1CCN(CCC#N)CC1.